The highest BCUT2D eigenvalue weighted by molar-refractivity contribution is 14.0. The number of piperazine rings is 1. The molecule has 10 heteroatoms. The number of halogens is 4. The average Bonchev–Trinajstić information content (AvgIpc) is 3.13. The standard InChI is InChI=1S/C17H30F3N5O.HI/c1-21-16(22-7-3-2-6-17(18,19)20)25-12-10-23(11-13-25)14-15(26)24-8-4-5-9-24;/h2-14H2,1H3,(H,21,22);1H. The normalized spacial score (nSPS) is 19.2. The molecule has 2 rings (SSSR count). The molecule has 0 aliphatic carbocycles. The maximum Gasteiger partial charge on any atom is 0.389 e. The first-order chi connectivity index (χ1) is 12.4. The van der Waals surface area contributed by atoms with Gasteiger partial charge in [0.2, 0.25) is 5.91 Å². The van der Waals surface area contributed by atoms with Crippen LogP contribution in [0.5, 0.6) is 0 Å². The van der Waals surface area contributed by atoms with Gasteiger partial charge in [0.25, 0.3) is 0 Å². The van der Waals surface area contributed by atoms with E-state index in [1.165, 1.54) is 0 Å². The number of aliphatic imine (C=N–C) groups is 1. The molecule has 0 bridgehead atoms. The van der Waals surface area contributed by atoms with E-state index in [1.54, 1.807) is 7.05 Å². The highest BCUT2D eigenvalue weighted by Crippen LogP contribution is 2.21. The van der Waals surface area contributed by atoms with E-state index < -0.39 is 12.6 Å². The fourth-order valence-corrected chi connectivity index (χ4v) is 3.36. The lowest BCUT2D eigenvalue weighted by atomic mass is 10.2. The molecule has 2 saturated heterocycles. The second-order valence-corrected chi connectivity index (χ2v) is 6.90. The molecule has 1 amide bonds. The monoisotopic (exact) mass is 505 g/mol. The Hall–Kier alpha value is -0.780. The first kappa shape index (κ1) is 24.3. The summed E-state index contributed by atoms with van der Waals surface area (Å²) in [5, 5.41) is 3.14. The molecule has 2 aliphatic rings. The summed E-state index contributed by atoms with van der Waals surface area (Å²) in [6, 6.07) is 0. The van der Waals surface area contributed by atoms with Gasteiger partial charge in [-0.05, 0) is 25.7 Å². The van der Waals surface area contributed by atoms with Crippen LogP contribution in [0.1, 0.15) is 32.1 Å². The first-order valence-corrected chi connectivity index (χ1v) is 9.41. The summed E-state index contributed by atoms with van der Waals surface area (Å²) in [5.74, 6) is 0.936. The number of carbonyl (C=O) groups excluding carboxylic acids is 1. The average molecular weight is 505 g/mol. The number of nitrogens with one attached hydrogen (secondary N) is 1. The van der Waals surface area contributed by atoms with Crippen molar-refractivity contribution in [3.05, 3.63) is 0 Å². The fourth-order valence-electron chi connectivity index (χ4n) is 3.36. The summed E-state index contributed by atoms with van der Waals surface area (Å²) in [7, 11) is 1.68. The van der Waals surface area contributed by atoms with Crippen LogP contribution in [0.3, 0.4) is 0 Å². The Balaban J connectivity index is 0.00000364. The van der Waals surface area contributed by atoms with E-state index >= 15 is 0 Å². The maximum absolute atomic E-state index is 12.2. The summed E-state index contributed by atoms with van der Waals surface area (Å²) < 4.78 is 36.4. The predicted octanol–water partition coefficient (Wildman–Crippen LogP) is 2.15. The Morgan fingerprint density at radius 2 is 1.63 bits per heavy atom. The number of alkyl halides is 3. The van der Waals surface area contributed by atoms with E-state index in [0.29, 0.717) is 19.5 Å². The lowest BCUT2D eigenvalue weighted by molar-refractivity contribution is -0.135. The van der Waals surface area contributed by atoms with Gasteiger partial charge in [0.05, 0.1) is 6.54 Å². The van der Waals surface area contributed by atoms with Crippen molar-refractivity contribution >= 4 is 35.8 Å². The Morgan fingerprint density at radius 3 is 2.19 bits per heavy atom. The van der Waals surface area contributed by atoms with Gasteiger partial charge in [0.15, 0.2) is 5.96 Å². The van der Waals surface area contributed by atoms with Crippen LogP contribution in [0.25, 0.3) is 0 Å². The largest absolute Gasteiger partial charge is 0.389 e. The number of amides is 1. The van der Waals surface area contributed by atoms with Crippen molar-refractivity contribution in [2.45, 2.75) is 38.3 Å². The molecule has 2 aliphatic heterocycles. The molecule has 2 fully saturated rings. The van der Waals surface area contributed by atoms with Gasteiger partial charge in [-0.15, -0.1) is 24.0 Å². The third-order valence-electron chi connectivity index (χ3n) is 4.87. The summed E-state index contributed by atoms with van der Waals surface area (Å²) in [6.07, 6.45) is -2.03. The van der Waals surface area contributed by atoms with Gasteiger partial charge >= 0.3 is 6.18 Å². The van der Waals surface area contributed by atoms with Crippen molar-refractivity contribution in [1.29, 1.82) is 0 Å². The number of likely N-dealkylation sites (tertiary alicyclic amines) is 1. The number of rotatable bonds is 6. The van der Waals surface area contributed by atoms with Crippen molar-refractivity contribution in [2.24, 2.45) is 4.99 Å². The number of hydrogen-bond acceptors (Lipinski definition) is 3. The van der Waals surface area contributed by atoms with Crippen LogP contribution in [0.2, 0.25) is 0 Å². The van der Waals surface area contributed by atoms with Crippen molar-refractivity contribution in [2.75, 3.05) is 59.4 Å². The highest BCUT2D eigenvalue weighted by Gasteiger charge is 2.26. The second kappa shape index (κ2) is 11.9. The first-order valence-electron chi connectivity index (χ1n) is 9.41. The number of nitrogens with zero attached hydrogens (tertiary/aromatic N) is 4. The van der Waals surface area contributed by atoms with Gasteiger partial charge in [-0.3, -0.25) is 14.7 Å². The molecule has 0 saturated carbocycles. The molecule has 0 aromatic heterocycles. The van der Waals surface area contributed by atoms with Gasteiger partial charge in [0, 0.05) is 59.3 Å². The van der Waals surface area contributed by atoms with Crippen molar-refractivity contribution in [3.63, 3.8) is 0 Å². The van der Waals surface area contributed by atoms with Crippen LogP contribution in [0.15, 0.2) is 4.99 Å². The SMILES string of the molecule is CN=C(NCCCCC(F)(F)F)N1CCN(CC(=O)N2CCCC2)CC1.I. The molecule has 0 aromatic rings. The predicted molar refractivity (Wildman–Crippen MR) is 111 cm³/mol. The van der Waals surface area contributed by atoms with E-state index in [0.717, 1.165) is 58.1 Å². The van der Waals surface area contributed by atoms with Crippen LogP contribution in [-0.4, -0.2) is 92.1 Å². The van der Waals surface area contributed by atoms with Crippen LogP contribution < -0.4 is 5.32 Å². The molecular weight excluding hydrogens is 474 g/mol. The molecule has 0 aromatic carbocycles. The lowest BCUT2D eigenvalue weighted by Gasteiger charge is -2.36. The molecule has 0 atom stereocenters. The topological polar surface area (TPSA) is 51.2 Å². The van der Waals surface area contributed by atoms with E-state index in [2.05, 4.69) is 20.1 Å². The van der Waals surface area contributed by atoms with Gasteiger partial charge < -0.3 is 15.1 Å². The summed E-state index contributed by atoms with van der Waals surface area (Å²) in [4.78, 5) is 22.6. The quantitative estimate of drug-likeness (QED) is 0.260. The zero-order valence-corrected chi connectivity index (χ0v) is 18.3. The third-order valence-corrected chi connectivity index (χ3v) is 4.87. The Bertz CT molecular complexity index is 476. The summed E-state index contributed by atoms with van der Waals surface area (Å²) in [6.45, 7) is 5.80. The van der Waals surface area contributed by atoms with Crippen LogP contribution in [0.4, 0.5) is 13.2 Å². The van der Waals surface area contributed by atoms with E-state index in [9.17, 15) is 18.0 Å². The highest BCUT2D eigenvalue weighted by atomic mass is 127. The molecule has 158 valence electrons. The lowest BCUT2D eigenvalue weighted by Crippen LogP contribution is -2.54. The summed E-state index contributed by atoms with van der Waals surface area (Å²) >= 11 is 0. The van der Waals surface area contributed by atoms with Gasteiger partial charge in [-0.25, -0.2) is 0 Å². The van der Waals surface area contributed by atoms with Crippen LogP contribution in [0, 0.1) is 0 Å². The molecule has 0 radical (unpaired) electrons. The van der Waals surface area contributed by atoms with Crippen molar-refractivity contribution in [1.82, 2.24) is 20.0 Å². The Morgan fingerprint density at radius 1 is 1.00 bits per heavy atom. The molecule has 2 heterocycles. The number of guanidine groups is 1. The molecule has 1 N–H and O–H groups in total. The maximum atomic E-state index is 12.2. The van der Waals surface area contributed by atoms with E-state index in [1.807, 2.05) is 4.90 Å². The zero-order chi connectivity index (χ0) is 19.0. The minimum absolute atomic E-state index is 0. The van der Waals surface area contributed by atoms with Gasteiger partial charge in [-0.1, -0.05) is 0 Å². The zero-order valence-electron chi connectivity index (χ0n) is 15.9. The third kappa shape index (κ3) is 8.84. The number of carbonyl (C=O) groups is 1. The molecule has 27 heavy (non-hydrogen) atoms. The van der Waals surface area contributed by atoms with Gasteiger partial charge in [-0.2, -0.15) is 13.2 Å². The molecular formula is C17H31F3IN5O. The number of unbranched alkanes of at least 4 members (excludes halogenated alkanes) is 1. The fraction of sp³-hybridized carbons (Fsp3) is 0.882. The van der Waals surface area contributed by atoms with Crippen molar-refractivity contribution in [3.8, 4) is 0 Å². The van der Waals surface area contributed by atoms with Crippen LogP contribution >= 0.6 is 24.0 Å². The van der Waals surface area contributed by atoms with E-state index in [4.69, 9.17) is 0 Å². The van der Waals surface area contributed by atoms with Crippen LogP contribution in [-0.2, 0) is 4.79 Å². The summed E-state index contributed by atoms with van der Waals surface area (Å²) in [5.41, 5.74) is 0. The molecule has 0 unspecified atom stereocenters. The van der Waals surface area contributed by atoms with Gasteiger partial charge in [0.1, 0.15) is 0 Å². The second-order valence-electron chi connectivity index (χ2n) is 6.90. The number of hydrogen-bond donors (Lipinski definition) is 1. The minimum atomic E-state index is -4.08. The Labute approximate surface area is 176 Å². The van der Waals surface area contributed by atoms with E-state index in [-0.39, 0.29) is 36.3 Å². The smallest absolute Gasteiger partial charge is 0.356 e. The Kier molecular flexibility index (Phi) is 10.7. The molecule has 0 spiro atoms. The van der Waals surface area contributed by atoms with Crippen molar-refractivity contribution < 1.29 is 18.0 Å². The minimum Gasteiger partial charge on any atom is -0.356 e. The molecule has 6 nitrogen and oxygen atoms in total.